The van der Waals surface area contributed by atoms with Gasteiger partial charge in [-0.05, 0) is 19.6 Å². The van der Waals surface area contributed by atoms with E-state index in [1.54, 1.807) is 6.07 Å². The highest BCUT2D eigenvalue weighted by atomic mass is 32.2. The lowest BCUT2D eigenvalue weighted by Gasteiger charge is -2.20. The largest absolute Gasteiger partial charge is 0.395 e. The zero-order valence-corrected chi connectivity index (χ0v) is 12.7. The van der Waals surface area contributed by atoms with Gasteiger partial charge in [-0.3, -0.25) is 4.79 Å². The number of nitrogens with one attached hydrogen (secondary N) is 1. The summed E-state index contributed by atoms with van der Waals surface area (Å²) in [5, 5.41) is 15.9. The van der Waals surface area contributed by atoms with Gasteiger partial charge in [0, 0.05) is 23.3 Å². The lowest BCUT2D eigenvalue weighted by atomic mass is 10.1. The summed E-state index contributed by atoms with van der Waals surface area (Å²) in [7, 11) is 0. The van der Waals surface area contributed by atoms with Gasteiger partial charge in [-0.1, -0.05) is 19.0 Å². The molecular formula is C13H22N2O3S. The van der Waals surface area contributed by atoms with Crippen LogP contribution in [0.25, 0.3) is 0 Å². The van der Waals surface area contributed by atoms with E-state index in [9.17, 15) is 9.90 Å². The van der Waals surface area contributed by atoms with Crippen LogP contribution in [0.3, 0.4) is 0 Å². The van der Waals surface area contributed by atoms with Crippen LogP contribution in [0.4, 0.5) is 0 Å². The van der Waals surface area contributed by atoms with Crippen molar-refractivity contribution in [2.75, 3.05) is 12.9 Å². The first-order valence-corrected chi connectivity index (χ1v) is 7.73. The van der Waals surface area contributed by atoms with Gasteiger partial charge < -0.3 is 14.9 Å². The van der Waals surface area contributed by atoms with Gasteiger partial charge in [-0.2, -0.15) is 11.8 Å². The molecule has 1 rings (SSSR count). The number of aliphatic hydroxyl groups is 1. The summed E-state index contributed by atoms with van der Waals surface area (Å²) in [6, 6.07) is 1.55. The average molecular weight is 286 g/mol. The predicted molar refractivity (Wildman–Crippen MR) is 76.5 cm³/mol. The van der Waals surface area contributed by atoms with Gasteiger partial charge >= 0.3 is 0 Å². The number of rotatable bonds is 7. The monoisotopic (exact) mass is 286 g/mol. The second-order valence-electron chi connectivity index (χ2n) is 4.64. The number of thioether (sulfide) groups is 1. The highest BCUT2D eigenvalue weighted by Gasteiger charge is 2.21. The Bertz CT molecular complexity index is 404. The minimum Gasteiger partial charge on any atom is -0.395 e. The van der Waals surface area contributed by atoms with E-state index < -0.39 is 0 Å². The minimum atomic E-state index is -0.290. The smallest absolute Gasteiger partial charge is 0.290 e. The first kappa shape index (κ1) is 16.0. The van der Waals surface area contributed by atoms with Gasteiger partial charge in [-0.15, -0.1) is 0 Å². The highest BCUT2D eigenvalue weighted by molar-refractivity contribution is 7.99. The van der Waals surface area contributed by atoms with E-state index >= 15 is 0 Å². The highest BCUT2D eigenvalue weighted by Crippen LogP contribution is 2.18. The number of nitrogens with zero attached hydrogens (tertiary/aromatic N) is 1. The molecule has 1 aromatic heterocycles. The molecule has 1 aromatic rings. The van der Waals surface area contributed by atoms with Crippen molar-refractivity contribution in [2.24, 2.45) is 0 Å². The summed E-state index contributed by atoms with van der Waals surface area (Å²) in [6.07, 6.45) is 2.85. The van der Waals surface area contributed by atoms with Crippen molar-refractivity contribution in [3.05, 3.63) is 17.5 Å². The number of carbonyl (C=O) groups excluding carboxylic acids is 1. The van der Waals surface area contributed by atoms with Crippen LogP contribution in [-0.4, -0.2) is 40.3 Å². The van der Waals surface area contributed by atoms with E-state index in [1.807, 2.05) is 20.1 Å². The van der Waals surface area contributed by atoms with Gasteiger partial charge in [0.15, 0.2) is 0 Å². The second-order valence-corrected chi connectivity index (χ2v) is 5.72. The maximum atomic E-state index is 12.0. The first-order valence-electron chi connectivity index (χ1n) is 6.44. The van der Waals surface area contributed by atoms with Crippen molar-refractivity contribution >= 4 is 17.7 Å². The molecule has 5 nitrogen and oxygen atoms in total. The topological polar surface area (TPSA) is 75.4 Å². The molecule has 0 fully saturated rings. The maximum absolute atomic E-state index is 12.0. The summed E-state index contributed by atoms with van der Waals surface area (Å²) >= 11 is 1.52. The van der Waals surface area contributed by atoms with E-state index in [1.165, 1.54) is 11.8 Å². The molecule has 0 saturated heterocycles. The van der Waals surface area contributed by atoms with Gasteiger partial charge in [0.1, 0.15) is 0 Å². The van der Waals surface area contributed by atoms with Crippen LogP contribution in [0.1, 0.15) is 49.4 Å². The quantitative estimate of drug-likeness (QED) is 0.802. The van der Waals surface area contributed by atoms with Crippen LogP contribution in [0.5, 0.6) is 0 Å². The lowest BCUT2D eigenvalue weighted by Crippen LogP contribution is -2.41. The molecule has 6 heteroatoms. The second kappa shape index (κ2) is 7.55. The SMILES string of the molecule is CCC(C)c1cc(C(=O)NC(C)C(CO)SC)on1. The standard InChI is InChI=1S/C13H22N2O3S/c1-5-8(2)10-6-11(18-15-10)13(17)14-9(3)12(7-16)19-4/h6,8-9,12,16H,5,7H2,1-4H3,(H,14,17). The average Bonchev–Trinajstić information content (AvgIpc) is 2.88. The molecule has 3 unspecified atom stereocenters. The van der Waals surface area contributed by atoms with E-state index in [-0.39, 0.29) is 35.5 Å². The molecule has 19 heavy (non-hydrogen) atoms. The Morgan fingerprint density at radius 3 is 2.79 bits per heavy atom. The van der Waals surface area contributed by atoms with Crippen molar-refractivity contribution in [2.45, 2.75) is 44.4 Å². The third-order valence-corrected chi connectivity index (χ3v) is 4.43. The van der Waals surface area contributed by atoms with Crippen molar-refractivity contribution < 1.29 is 14.4 Å². The van der Waals surface area contributed by atoms with E-state index in [2.05, 4.69) is 17.4 Å². The molecule has 3 atom stereocenters. The Hall–Kier alpha value is -1.01. The van der Waals surface area contributed by atoms with Crippen LogP contribution < -0.4 is 5.32 Å². The van der Waals surface area contributed by atoms with E-state index in [4.69, 9.17) is 4.52 Å². The maximum Gasteiger partial charge on any atom is 0.290 e. The fourth-order valence-electron chi connectivity index (χ4n) is 1.64. The Morgan fingerprint density at radius 1 is 1.58 bits per heavy atom. The molecule has 0 aromatic carbocycles. The molecule has 0 aliphatic carbocycles. The fraction of sp³-hybridized carbons (Fsp3) is 0.692. The molecule has 108 valence electrons. The molecule has 0 bridgehead atoms. The van der Waals surface area contributed by atoms with Crippen molar-refractivity contribution in [3.63, 3.8) is 0 Å². The molecule has 1 amide bonds. The Labute approximate surface area is 118 Å². The number of amides is 1. The minimum absolute atomic E-state index is 0.0249. The van der Waals surface area contributed by atoms with Gasteiger partial charge in [0.05, 0.1) is 12.3 Å². The van der Waals surface area contributed by atoms with Crippen LogP contribution in [0, 0.1) is 0 Å². The van der Waals surface area contributed by atoms with Crippen molar-refractivity contribution in [1.29, 1.82) is 0 Å². The van der Waals surface area contributed by atoms with E-state index in [0.29, 0.717) is 0 Å². The third kappa shape index (κ3) is 4.24. The molecular weight excluding hydrogens is 264 g/mol. The number of hydrogen-bond acceptors (Lipinski definition) is 5. The Morgan fingerprint density at radius 2 is 2.26 bits per heavy atom. The van der Waals surface area contributed by atoms with Gasteiger partial charge in [-0.25, -0.2) is 0 Å². The molecule has 0 spiro atoms. The molecule has 0 aliphatic heterocycles. The summed E-state index contributed by atoms with van der Waals surface area (Å²) in [5.74, 6) is 0.209. The fourth-order valence-corrected chi connectivity index (χ4v) is 2.27. The molecule has 0 aliphatic rings. The first-order chi connectivity index (χ1) is 9.03. The van der Waals surface area contributed by atoms with Crippen LogP contribution >= 0.6 is 11.8 Å². The lowest BCUT2D eigenvalue weighted by molar-refractivity contribution is 0.0898. The molecule has 0 saturated carbocycles. The zero-order chi connectivity index (χ0) is 14.4. The summed E-state index contributed by atoms with van der Waals surface area (Å²) < 4.78 is 5.07. The van der Waals surface area contributed by atoms with Crippen molar-refractivity contribution in [3.8, 4) is 0 Å². The van der Waals surface area contributed by atoms with E-state index in [0.717, 1.165) is 12.1 Å². The molecule has 2 N–H and O–H groups in total. The zero-order valence-electron chi connectivity index (χ0n) is 11.8. The normalized spacial score (nSPS) is 15.8. The van der Waals surface area contributed by atoms with Gasteiger partial charge in [0.2, 0.25) is 5.76 Å². The summed E-state index contributed by atoms with van der Waals surface area (Å²) in [5.41, 5.74) is 0.795. The van der Waals surface area contributed by atoms with Gasteiger partial charge in [0.25, 0.3) is 5.91 Å². The number of carbonyl (C=O) groups is 1. The number of hydrogen-bond donors (Lipinski definition) is 2. The summed E-state index contributed by atoms with van der Waals surface area (Å²) in [6.45, 7) is 5.99. The van der Waals surface area contributed by atoms with Crippen LogP contribution in [0.15, 0.2) is 10.6 Å². The number of aromatic nitrogens is 1. The third-order valence-electron chi connectivity index (χ3n) is 3.27. The Balaban J connectivity index is 2.65. The van der Waals surface area contributed by atoms with Crippen LogP contribution in [-0.2, 0) is 0 Å². The van der Waals surface area contributed by atoms with Crippen molar-refractivity contribution in [1.82, 2.24) is 10.5 Å². The Kier molecular flexibility index (Phi) is 6.37. The summed E-state index contributed by atoms with van der Waals surface area (Å²) in [4.78, 5) is 12.0. The number of aliphatic hydroxyl groups excluding tert-OH is 1. The predicted octanol–water partition coefficient (Wildman–Crippen LogP) is 2.03. The van der Waals surface area contributed by atoms with Crippen LogP contribution in [0.2, 0.25) is 0 Å². The molecule has 1 heterocycles. The molecule has 0 radical (unpaired) electrons.